The molecular weight excluding hydrogens is 580 g/mol. The monoisotopic (exact) mass is 580 g/mol. The van der Waals surface area contributed by atoms with Gasteiger partial charge in [-0.05, 0) is 88.0 Å². The summed E-state index contributed by atoms with van der Waals surface area (Å²) in [7, 11) is 0. The van der Waals surface area contributed by atoms with Crippen LogP contribution < -0.4 is 0 Å². The molecule has 116 valence electrons. The number of carbonyl (C=O) groups excluding carboxylic acids is 2. The largest absolute Gasteiger partial charge is 0.240 e. The standard InChI is InChI=1S/C14H4Br4N2O2S/c15-9-1-7(2-10(16)13(9)19-5-21)23-8-3-11(17)14(20-6-22)12(18)4-8/h1-4H. The molecule has 0 atom stereocenters. The molecule has 23 heavy (non-hydrogen) atoms. The van der Waals surface area contributed by atoms with Crippen molar-refractivity contribution in [2.45, 2.75) is 9.79 Å². The Morgan fingerprint density at radius 1 is 0.696 bits per heavy atom. The Balaban J connectivity index is 2.40. The molecule has 9 heteroatoms. The molecular formula is C14H4Br4N2O2S. The Hall–Kier alpha value is -0.530. The van der Waals surface area contributed by atoms with Crippen LogP contribution in [0, 0.1) is 0 Å². The van der Waals surface area contributed by atoms with E-state index < -0.39 is 0 Å². The lowest BCUT2D eigenvalue weighted by molar-refractivity contribution is 0.564. The average molecular weight is 584 g/mol. The predicted octanol–water partition coefficient (Wildman–Crippen LogP) is 6.82. The van der Waals surface area contributed by atoms with E-state index in [-0.39, 0.29) is 0 Å². The Labute approximate surface area is 169 Å². The molecule has 0 aliphatic rings. The first kappa shape index (κ1) is 18.8. The van der Waals surface area contributed by atoms with Gasteiger partial charge in [-0.3, -0.25) is 0 Å². The van der Waals surface area contributed by atoms with Crippen LogP contribution in [-0.2, 0) is 9.59 Å². The van der Waals surface area contributed by atoms with Crippen molar-refractivity contribution in [2.75, 3.05) is 0 Å². The van der Waals surface area contributed by atoms with Gasteiger partial charge in [0.25, 0.3) is 0 Å². The van der Waals surface area contributed by atoms with E-state index in [0.29, 0.717) is 29.3 Å². The predicted molar refractivity (Wildman–Crippen MR) is 103 cm³/mol. The molecule has 2 aromatic rings. The Morgan fingerprint density at radius 2 is 1.00 bits per heavy atom. The fourth-order valence-corrected chi connectivity index (χ4v) is 5.96. The molecule has 0 bridgehead atoms. The van der Waals surface area contributed by atoms with Crippen LogP contribution in [0.1, 0.15) is 0 Å². The van der Waals surface area contributed by atoms with Gasteiger partial charge in [-0.25, -0.2) is 9.59 Å². The van der Waals surface area contributed by atoms with Crippen LogP contribution in [0.2, 0.25) is 0 Å². The fourth-order valence-electron chi connectivity index (χ4n) is 1.64. The molecule has 2 aromatic carbocycles. The van der Waals surface area contributed by atoms with E-state index in [4.69, 9.17) is 0 Å². The molecule has 0 N–H and O–H groups in total. The van der Waals surface area contributed by atoms with Gasteiger partial charge in [0.15, 0.2) is 0 Å². The average Bonchev–Trinajstić information content (AvgIpc) is 2.47. The third-order valence-electron chi connectivity index (χ3n) is 2.53. The Bertz CT molecular complexity index is 758. The maximum atomic E-state index is 10.4. The maximum absolute atomic E-state index is 10.4. The summed E-state index contributed by atoms with van der Waals surface area (Å²) < 4.78 is 2.71. The molecule has 0 aliphatic heterocycles. The maximum Gasteiger partial charge on any atom is 0.240 e. The number of isocyanates is 2. The quantitative estimate of drug-likeness (QED) is 0.293. The molecule has 0 aromatic heterocycles. The van der Waals surface area contributed by atoms with Crippen molar-refractivity contribution < 1.29 is 9.59 Å². The van der Waals surface area contributed by atoms with E-state index in [2.05, 4.69) is 73.7 Å². The summed E-state index contributed by atoms with van der Waals surface area (Å²) >= 11 is 15.0. The number of aliphatic imine (C=N–C) groups is 2. The van der Waals surface area contributed by atoms with E-state index in [1.807, 2.05) is 24.3 Å². The fraction of sp³-hybridized carbons (Fsp3) is 0. The van der Waals surface area contributed by atoms with Crippen molar-refractivity contribution >= 4 is 99.0 Å². The highest BCUT2D eigenvalue weighted by molar-refractivity contribution is 9.11. The molecule has 0 amide bonds. The lowest BCUT2D eigenvalue weighted by Crippen LogP contribution is -1.80. The van der Waals surface area contributed by atoms with Crippen LogP contribution in [0.3, 0.4) is 0 Å². The highest BCUT2D eigenvalue weighted by Crippen LogP contribution is 2.42. The zero-order valence-electron chi connectivity index (χ0n) is 10.9. The lowest BCUT2D eigenvalue weighted by Gasteiger charge is -2.08. The van der Waals surface area contributed by atoms with Crippen LogP contribution in [0.5, 0.6) is 0 Å². The van der Waals surface area contributed by atoms with Gasteiger partial charge in [0.1, 0.15) is 11.4 Å². The summed E-state index contributed by atoms with van der Waals surface area (Å²) in [5, 5.41) is 0. The second-order valence-electron chi connectivity index (χ2n) is 3.98. The first-order valence-corrected chi connectivity index (χ1v) is 9.76. The van der Waals surface area contributed by atoms with Gasteiger partial charge in [-0.1, -0.05) is 11.8 Å². The van der Waals surface area contributed by atoms with E-state index >= 15 is 0 Å². The van der Waals surface area contributed by atoms with Gasteiger partial charge in [0.05, 0.1) is 0 Å². The molecule has 0 radical (unpaired) electrons. The third-order valence-corrected chi connectivity index (χ3v) is 5.89. The number of benzene rings is 2. The van der Waals surface area contributed by atoms with Gasteiger partial charge < -0.3 is 0 Å². The minimum absolute atomic E-state index is 0.488. The summed E-state index contributed by atoms with van der Waals surface area (Å²) in [4.78, 5) is 30.0. The number of nitrogens with zero attached hydrogens (tertiary/aromatic N) is 2. The van der Waals surface area contributed by atoms with Crippen molar-refractivity contribution in [2.24, 2.45) is 9.98 Å². The number of hydrogen-bond donors (Lipinski definition) is 0. The zero-order chi connectivity index (χ0) is 17.0. The summed E-state index contributed by atoms with van der Waals surface area (Å²) in [6.07, 6.45) is 3.04. The summed E-state index contributed by atoms with van der Waals surface area (Å²) in [6, 6.07) is 7.41. The van der Waals surface area contributed by atoms with Gasteiger partial charge >= 0.3 is 0 Å². The molecule has 0 unspecified atom stereocenters. The van der Waals surface area contributed by atoms with Crippen molar-refractivity contribution in [3.05, 3.63) is 42.2 Å². The molecule has 0 saturated carbocycles. The molecule has 0 fully saturated rings. The molecule has 0 spiro atoms. The molecule has 0 aliphatic carbocycles. The molecule has 4 nitrogen and oxygen atoms in total. The van der Waals surface area contributed by atoms with E-state index in [9.17, 15) is 9.59 Å². The van der Waals surface area contributed by atoms with Crippen LogP contribution in [0.25, 0.3) is 0 Å². The SMILES string of the molecule is O=C=Nc1c(Br)cc(Sc2cc(Br)c(N=C=O)c(Br)c2)cc1Br. The molecule has 2 rings (SSSR count). The van der Waals surface area contributed by atoms with Crippen molar-refractivity contribution in [3.63, 3.8) is 0 Å². The summed E-state index contributed by atoms with van der Waals surface area (Å²) in [5.74, 6) is 0. The lowest BCUT2D eigenvalue weighted by atomic mass is 10.3. The van der Waals surface area contributed by atoms with Crippen molar-refractivity contribution in [1.82, 2.24) is 0 Å². The third kappa shape index (κ3) is 4.73. The van der Waals surface area contributed by atoms with Crippen LogP contribution in [-0.4, -0.2) is 12.2 Å². The topological polar surface area (TPSA) is 58.9 Å². The Kier molecular flexibility index (Phi) is 6.98. The summed E-state index contributed by atoms with van der Waals surface area (Å²) in [5.41, 5.74) is 0.977. The van der Waals surface area contributed by atoms with Crippen LogP contribution in [0.4, 0.5) is 11.4 Å². The minimum atomic E-state index is 0.488. The minimum Gasteiger partial charge on any atom is -0.211 e. The summed E-state index contributed by atoms with van der Waals surface area (Å²) in [6.45, 7) is 0. The first-order valence-electron chi connectivity index (χ1n) is 5.78. The van der Waals surface area contributed by atoms with Crippen molar-refractivity contribution in [1.29, 1.82) is 0 Å². The smallest absolute Gasteiger partial charge is 0.211 e. The van der Waals surface area contributed by atoms with E-state index in [0.717, 1.165) is 9.79 Å². The van der Waals surface area contributed by atoms with Crippen molar-refractivity contribution in [3.8, 4) is 0 Å². The number of hydrogen-bond acceptors (Lipinski definition) is 5. The molecule has 0 heterocycles. The number of rotatable bonds is 4. The van der Waals surface area contributed by atoms with E-state index in [1.165, 1.54) is 23.9 Å². The highest BCUT2D eigenvalue weighted by atomic mass is 79.9. The Morgan fingerprint density at radius 3 is 1.26 bits per heavy atom. The van der Waals surface area contributed by atoms with Gasteiger partial charge in [0.2, 0.25) is 12.2 Å². The van der Waals surface area contributed by atoms with Gasteiger partial charge in [-0.15, -0.1) is 0 Å². The second-order valence-corrected chi connectivity index (χ2v) is 8.54. The first-order chi connectivity index (χ1) is 11.0. The molecule has 0 saturated heterocycles. The van der Waals surface area contributed by atoms with Crippen LogP contribution in [0.15, 0.2) is 61.9 Å². The van der Waals surface area contributed by atoms with Gasteiger partial charge in [-0.2, -0.15) is 9.98 Å². The van der Waals surface area contributed by atoms with Crippen LogP contribution >= 0.6 is 75.5 Å². The second kappa shape index (κ2) is 8.53. The highest BCUT2D eigenvalue weighted by Gasteiger charge is 2.11. The normalized spacial score (nSPS) is 9.91. The van der Waals surface area contributed by atoms with Gasteiger partial charge in [0, 0.05) is 27.7 Å². The van der Waals surface area contributed by atoms with E-state index in [1.54, 1.807) is 0 Å². The zero-order valence-corrected chi connectivity index (χ0v) is 18.1. The number of halogens is 4.